The van der Waals surface area contributed by atoms with Crippen molar-refractivity contribution in [1.82, 2.24) is 9.88 Å². The van der Waals surface area contributed by atoms with Gasteiger partial charge in [0.1, 0.15) is 6.61 Å². The van der Waals surface area contributed by atoms with Gasteiger partial charge in [-0.3, -0.25) is 4.79 Å². The van der Waals surface area contributed by atoms with Crippen molar-refractivity contribution >= 4 is 5.91 Å². The molecule has 1 aliphatic rings. The number of hydrogen-bond acceptors (Lipinski definition) is 4. The average molecular weight is 326 g/mol. The van der Waals surface area contributed by atoms with Crippen LogP contribution < -0.4 is 4.74 Å². The molecule has 0 bridgehead atoms. The Morgan fingerprint density at radius 3 is 2.62 bits per heavy atom. The van der Waals surface area contributed by atoms with Crippen LogP contribution >= 0.6 is 0 Å². The van der Waals surface area contributed by atoms with E-state index < -0.39 is 0 Å². The molecule has 1 aliphatic heterocycles. The Hall–Kier alpha value is -2.40. The zero-order valence-electron chi connectivity index (χ0n) is 14.0. The first-order chi connectivity index (χ1) is 11.6. The van der Waals surface area contributed by atoms with Crippen LogP contribution in [0.1, 0.15) is 29.8 Å². The van der Waals surface area contributed by atoms with E-state index in [2.05, 4.69) is 4.98 Å². The minimum absolute atomic E-state index is 0.0102. The lowest BCUT2D eigenvalue weighted by molar-refractivity contribution is -0.0586. The second-order valence-electron chi connectivity index (χ2n) is 6.12. The molecule has 2 heterocycles. The highest BCUT2D eigenvalue weighted by atomic mass is 16.5. The second kappa shape index (κ2) is 7.45. The van der Waals surface area contributed by atoms with Crippen molar-refractivity contribution in [3.8, 4) is 5.88 Å². The quantitative estimate of drug-likeness (QED) is 0.867. The number of ether oxygens (including phenoxy) is 2. The van der Waals surface area contributed by atoms with E-state index in [0.717, 1.165) is 5.56 Å². The molecule has 24 heavy (non-hydrogen) atoms. The number of nitrogens with zero attached hydrogens (tertiary/aromatic N) is 2. The molecule has 1 fully saturated rings. The third kappa shape index (κ3) is 4.11. The average Bonchev–Trinajstić information content (AvgIpc) is 2.59. The van der Waals surface area contributed by atoms with E-state index >= 15 is 0 Å². The summed E-state index contributed by atoms with van der Waals surface area (Å²) in [7, 11) is 0. The van der Waals surface area contributed by atoms with Gasteiger partial charge in [0.15, 0.2) is 0 Å². The van der Waals surface area contributed by atoms with Crippen LogP contribution in [0.25, 0.3) is 0 Å². The first-order valence-electron chi connectivity index (χ1n) is 8.19. The van der Waals surface area contributed by atoms with Crippen LogP contribution in [0, 0.1) is 0 Å². The minimum Gasteiger partial charge on any atom is -0.473 e. The van der Waals surface area contributed by atoms with E-state index in [0.29, 0.717) is 31.1 Å². The van der Waals surface area contributed by atoms with Crippen molar-refractivity contribution in [3.05, 3.63) is 59.8 Å². The minimum atomic E-state index is -0.0102. The summed E-state index contributed by atoms with van der Waals surface area (Å²) in [5.41, 5.74) is 1.65. The molecule has 1 saturated heterocycles. The van der Waals surface area contributed by atoms with E-state index in [1.807, 2.05) is 49.1 Å². The smallest absolute Gasteiger partial charge is 0.254 e. The zero-order valence-corrected chi connectivity index (χ0v) is 14.0. The fourth-order valence-corrected chi connectivity index (χ4v) is 2.88. The van der Waals surface area contributed by atoms with Gasteiger partial charge in [-0.15, -0.1) is 0 Å². The van der Waals surface area contributed by atoms with E-state index in [1.165, 1.54) is 0 Å². The Morgan fingerprint density at radius 2 is 1.92 bits per heavy atom. The SMILES string of the molecule is CC1CN(C(=O)c2ccnc(OCc3ccccc3)c2)CC(C)O1. The predicted octanol–water partition coefficient (Wildman–Crippen LogP) is 2.91. The number of aromatic nitrogens is 1. The first kappa shape index (κ1) is 16.5. The van der Waals surface area contributed by atoms with Gasteiger partial charge in [0.2, 0.25) is 5.88 Å². The van der Waals surface area contributed by atoms with E-state index in [-0.39, 0.29) is 18.1 Å². The number of benzene rings is 1. The summed E-state index contributed by atoms with van der Waals surface area (Å²) in [6.07, 6.45) is 1.71. The molecule has 2 unspecified atom stereocenters. The number of rotatable bonds is 4. The van der Waals surface area contributed by atoms with Crippen molar-refractivity contribution < 1.29 is 14.3 Å². The first-order valence-corrected chi connectivity index (χ1v) is 8.19. The second-order valence-corrected chi connectivity index (χ2v) is 6.12. The molecular formula is C19H22N2O3. The fraction of sp³-hybridized carbons (Fsp3) is 0.368. The molecule has 0 spiro atoms. The van der Waals surface area contributed by atoms with Gasteiger partial charge in [-0.25, -0.2) is 4.98 Å². The molecule has 0 aliphatic carbocycles. The third-order valence-electron chi connectivity index (χ3n) is 3.92. The van der Waals surface area contributed by atoms with Crippen LogP contribution in [0.4, 0.5) is 0 Å². The normalized spacial score (nSPS) is 20.7. The van der Waals surface area contributed by atoms with E-state index in [9.17, 15) is 4.79 Å². The number of hydrogen-bond donors (Lipinski definition) is 0. The van der Waals surface area contributed by atoms with Crippen LogP contribution in [-0.2, 0) is 11.3 Å². The molecule has 0 radical (unpaired) electrons. The Balaban J connectivity index is 1.67. The van der Waals surface area contributed by atoms with Gasteiger partial charge in [-0.1, -0.05) is 30.3 Å². The van der Waals surface area contributed by atoms with Crippen LogP contribution in [0.15, 0.2) is 48.7 Å². The number of carbonyl (C=O) groups excluding carboxylic acids is 1. The van der Waals surface area contributed by atoms with Gasteiger partial charge in [-0.05, 0) is 25.5 Å². The Bertz CT molecular complexity index is 680. The van der Waals surface area contributed by atoms with Crippen molar-refractivity contribution in [1.29, 1.82) is 0 Å². The molecule has 5 nitrogen and oxygen atoms in total. The fourth-order valence-electron chi connectivity index (χ4n) is 2.88. The van der Waals surface area contributed by atoms with Crippen LogP contribution in [0.5, 0.6) is 5.88 Å². The molecule has 3 rings (SSSR count). The number of carbonyl (C=O) groups is 1. The Labute approximate surface area is 142 Å². The van der Waals surface area contributed by atoms with Gasteiger partial charge in [-0.2, -0.15) is 0 Å². The maximum absolute atomic E-state index is 12.7. The zero-order chi connectivity index (χ0) is 16.9. The van der Waals surface area contributed by atoms with Gasteiger partial charge in [0.05, 0.1) is 12.2 Å². The lowest BCUT2D eigenvalue weighted by atomic mass is 10.1. The van der Waals surface area contributed by atoms with Crippen molar-refractivity contribution in [2.75, 3.05) is 13.1 Å². The molecular weight excluding hydrogens is 304 g/mol. The highest BCUT2D eigenvalue weighted by Gasteiger charge is 2.26. The van der Waals surface area contributed by atoms with E-state index in [1.54, 1.807) is 18.3 Å². The molecule has 5 heteroatoms. The van der Waals surface area contributed by atoms with Crippen LogP contribution in [-0.4, -0.2) is 41.1 Å². The van der Waals surface area contributed by atoms with Crippen molar-refractivity contribution in [2.45, 2.75) is 32.7 Å². The Morgan fingerprint density at radius 1 is 1.21 bits per heavy atom. The standard InChI is InChI=1S/C19H22N2O3/c1-14-11-21(12-15(2)24-14)19(22)17-8-9-20-18(10-17)23-13-16-6-4-3-5-7-16/h3-10,14-15H,11-13H2,1-2H3. The number of morpholine rings is 1. The molecule has 1 aromatic heterocycles. The maximum atomic E-state index is 12.7. The molecule has 1 amide bonds. The Kier molecular flexibility index (Phi) is 5.11. The molecule has 1 aromatic carbocycles. The summed E-state index contributed by atoms with van der Waals surface area (Å²) in [6.45, 7) is 5.60. The van der Waals surface area contributed by atoms with Crippen molar-refractivity contribution in [2.24, 2.45) is 0 Å². The van der Waals surface area contributed by atoms with Gasteiger partial charge >= 0.3 is 0 Å². The highest BCUT2D eigenvalue weighted by Crippen LogP contribution is 2.17. The number of amides is 1. The lowest BCUT2D eigenvalue weighted by Crippen LogP contribution is -2.48. The molecule has 0 saturated carbocycles. The lowest BCUT2D eigenvalue weighted by Gasteiger charge is -2.35. The third-order valence-corrected chi connectivity index (χ3v) is 3.92. The summed E-state index contributed by atoms with van der Waals surface area (Å²) in [5, 5.41) is 0. The monoisotopic (exact) mass is 326 g/mol. The van der Waals surface area contributed by atoms with Gasteiger partial charge in [0, 0.05) is 30.9 Å². The highest BCUT2D eigenvalue weighted by molar-refractivity contribution is 5.94. The summed E-state index contributed by atoms with van der Waals surface area (Å²) >= 11 is 0. The summed E-state index contributed by atoms with van der Waals surface area (Å²) in [5.74, 6) is 0.447. The molecule has 126 valence electrons. The molecule has 0 N–H and O–H groups in total. The molecule has 2 aromatic rings. The maximum Gasteiger partial charge on any atom is 0.254 e. The van der Waals surface area contributed by atoms with Gasteiger partial charge in [0.25, 0.3) is 5.91 Å². The summed E-state index contributed by atoms with van der Waals surface area (Å²) in [6, 6.07) is 13.3. The largest absolute Gasteiger partial charge is 0.473 e. The summed E-state index contributed by atoms with van der Waals surface area (Å²) < 4.78 is 11.4. The predicted molar refractivity (Wildman–Crippen MR) is 90.9 cm³/mol. The van der Waals surface area contributed by atoms with Crippen LogP contribution in [0.3, 0.4) is 0 Å². The van der Waals surface area contributed by atoms with Gasteiger partial charge < -0.3 is 14.4 Å². The van der Waals surface area contributed by atoms with Crippen molar-refractivity contribution in [3.63, 3.8) is 0 Å². The number of pyridine rings is 1. The van der Waals surface area contributed by atoms with E-state index in [4.69, 9.17) is 9.47 Å². The topological polar surface area (TPSA) is 51.7 Å². The van der Waals surface area contributed by atoms with Crippen LogP contribution in [0.2, 0.25) is 0 Å². The molecule has 2 atom stereocenters. The summed E-state index contributed by atoms with van der Waals surface area (Å²) in [4.78, 5) is 18.7.